The molecule has 0 radical (unpaired) electrons. The molecule has 4 heteroatoms. The maximum Gasteiger partial charge on any atom is 0.250 e. The molecule has 0 bridgehead atoms. The summed E-state index contributed by atoms with van der Waals surface area (Å²) in [6.45, 7) is 12.9. The Hall–Kier alpha value is -0.873. The van der Waals surface area contributed by atoms with Crippen molar-refractivity contribution in [3.05, 3.63) is 23.5 Å². The Morgan fingerprint density at radius 2 is 1.94 bits per heavy atom. The highest BCUT2D eigenvalue weighted by molar-refractivity contribution is 6.74. The van der Waals surface area contributed by atoms with E-state index < -0.39 is 8.32 Å². The van der Waals surface area contributed by atoms with Crippen molar-refractivity contribution in [3.63, 3.8) is 0 Å². The Bertz CT molecular complexity index is 397. The monoisotopic (exact) mass is 253 g/mol. The predicted octanol–water partition coefficient (Wildman–Crippen LogP) is 3.27. The van der Waals surface area contributed by atoms with Crippen LogP contribution in [0.2, 0.25) is 18.1 Å². The second-order valence-corrected chi connectivity index (χ2v) is 10.6. The fourth-order valence-corrected chi connectivity index (χ4v) is 2.34. The van der Waals surface area contributed by atoms with Gasteiger partial charge in [-0.25, -0.2) is 0 Å². The average Bonchev–Trinajstić information content (AvgIpc) is 2.15. The maximum absolute atomic E-state index is 9.39. The van der Waals surface area contributed by atoms with Gasteiger partial charge < -0.3 is 9.53 Å². The summed E-state index contributed by atoms with van der Waals surface area (Å²) in [5.74, 6) is 0.784. The van der Waals surface area contributed by atoms with Crippen LogP contribution >= 0.6 is 0 Å². The minimum Gasteiger partial charge on any atom is -0.543 e. The molecule has 3 nitrogen and oxygen atoms in total. The van der Waals surface area contributed by atoms with Gasteiger partial charge in [-0.2, -0.15) is 0 Å². The van der Waals surface area contributed by atoms with Crippen LogP contribution in [0.15, 0.2) is 12.3 Å². The predicted molar refractivity (Wildman–Crippen MR) is 72.7 cm³/mol. The molecular weight excluding hydrogens is 230 g/mol. The van der Waals surface area contributed by atoms with Gasteiger partial charge in [0.25, 0.3) is 0 Å². The molecule has 0 atom stereocenters. The van der Waals surface area contributed by atoms with Crippen molar-refractivity contribution in [2.75, 3.05) is 0 Å². The number of aryl methyl sites for hydroxylation is 1. The van der Waals surface area contributed by atoms with E-state index in [0.717, 1.165) is 17.0 Å². The Balaban J connectivity index is 3.08. The molecule has 0 aromatic carbocycles. The third-order valence-corrected chi connectivity index (χ3v) is 7.90. The second kappa shape index (κ2) is 4.78. The lowest BCUT2D eigenvalue weighted by Gasteiger charge is -2.37. The van der Waals surface area contributed by atoms with Gasteiger partial charge in [-0.3, -0.25) is 4.98 Å². The van der Waals surface area contributed by atoms with E-state index in [4.69, 9.17) is 4.43 Å². The highest BCUT2D eigenvalue weighted by Gasteiger charge is 2.39. The molecule has 0 amide bonds. The fraction of sp³-hybridized carbons (Fsp3) is 0.615. The fourth-order valence-electron chi connectivity index (χ4n) is 1.29. The third kappa shape index (κ3) is 3.07. The van der Waals surface area contributed by atoms with Crippen LogP contribution in [0.1, 0.15) is 32.0 Å². The van der Waals surface area contributed by atoms with E-state index in [0.29, 0.717) is 0 Å². The van der Waals surface area contributed by atoms with E-state index in [1.54, 1.807) is 6.20 Å². The largest absolute Gasteiger partial charge is 0.543 e. The quantitative estimate of drug-likeness (QED) is 0.841. The minimum absolute atomic E-state index is 0.0242. The zero-order chi connectivity index (χ0) is 13.3. The number of hydrogen-bond donors (Lipinski definition) is 1. The molecule has 0 unspecified atom stereocenters. The van der Waals surface area contributed by atoms with Crippen molar-refractivity contribution in [1.82, 2.24) is 4.98 Å². The van der Waals surface area contributed by atoms with Gasteiger partial charge in [-0.05, 0) is 31.1 Å². The Morgan fingerprint density at radius 1 is 1.35 bits per heavy atom. The van der Waals surface area contributed by atoms with E-state index in [1.165, 1.54) is 0 Å². The van der Waals surface area contributed by atoms with Crippen molar-refractivity contribution in [1.29, 1.82) is 0 Å². The van der Waals surface area contributed by atoms with Crippen LogP contribution in [0.4, 0.5) is 0 Å². The summed E-state index contributed by atoms with van der Waals surface area (Å²) in [6.07, 6.45) is 1.73. The number of aromatic nitrogens is 1. The van der Waals surface area contributed by atoms with Gasteiger partial charge in [-0.15, -0.1) is 0 Å². The van der Waals surface area contributed by atoms with Crippen molar-refractivity contribution in [2.45, 2.75) is 52.4 Å². The molecule has 1 aromatic rings. The molecule has 0 fully saturated rings. The highest BCUT2D eigenvalue weighted by atomic mass is 28.4. The number of aliphatic hydroxyl groups is 1. The van der Waals surface area contributed by atoms with E-state index >= 15 is 0 Å². The van der Waals surface area contributed by atoms with Crippen molar-refractivity contribution in [2.24, 2.45) is 0 Å². The number of pyridine rings is 1. The molecule has 96 valence electrons. The zero-order valence-electron chi connectivity index (χ0n) is 11.7. The molecule has 1 aromatic heterocycles. The van der Waals surface area contributed by atoms with E-state index in [9.17, 15) is 5.11 Å². The standard InChI is InChI=1S/C13H23NO2Si/c1-10-11(9-15)12(7-8-14-10)16-17(5,6)13(2,3)4/h7-8,15H,9H2,1-6H3. The SMILES string of the molecule is Cc1nccc(O[Si](C)(C)C(C)(C)C)c1CO. The summed E-state index contributed by atoms with van der Waals surface area (Å²) in [4.78, 5) is 4.18. The van der Waals surface area contributed by atoms with Crippen LogP contribution in [-0.4, -0.2) is 18.4 Å². The summed E-state index contributed by atoms with van der Waals surface area (Å²) < 4.78 is 6.21. The number of rotatable bonds is 3. The topological polar surface area (TPSA) is 42.4 Å². The number of aliphatic hydroxyl groups excluding tert-OH is 1. The molecule has 0 saturated heterocycles. The number of nitrogens with zero attached hydrogens (tertiary/aromatic N) is 1. The van der Waals surface area contributed by atoms with Crippen LogP contribution in [0.5, 0.6) is 5.75 Å². The molecule has 0 aliphatic rings. The first-order chi connectivity index (χ1) is 7.69. The summed E-state index contributed by atoms with van der Waals surface area (Å²) in [5, 5.41) is 9.54. The van der Waals surface area contributed by atoms with Crippen LogP contribution in [0.3, 0.4) is 0 Å². The summed E-state index contributed by atoms with van der Waals surface area (Å²) in [7, 11) is -1.86. The molecule has 0 aliphatic heterocycles. The average molecular weight is 253 g/mol. The van der Waals surface area contributed by atoms with Gasteiger partial charge >= 0.3 is 0 Å². The maximum atomic E-state index is 9.39. The molecule has 0 aliphatic carbocycles. The second-order valence-electron chi connectivity index (χ2n) is 5.89. The Morgan fingerprint density at radius 3 is 2.41 bits per heavy atom. The van der Waals surface area contributed by atoms with Crippen LogP contribution in [0, 0.1) is 6.92 Å². The molecule has 0 saturated carbocycles. The van der Waals surface area contributed by atoms with E-state index in [2.05, 4.69) is 38.8 Å². The highest BCUT2D eigenvalue weighted by Crippen LogP contribution is 2.38. The first-order valence-electron chi connectivity index (χ1n) is 5.93. The van der Waals surface area contributed by atoms with Crippen molar-refractivity contribution >= 4 is 8.32 Å². The molecule has 1 heterocycles. The van der Waals surface area contributed by atoms with Gasteiger partial charge in [0, 0.05) is 17.5 Å². The molecule has 0 spiro atoms. The molecule has 1 N–H and O–H groups in total. The first kappa shape index (κ1) is 14.2. The van der Waals surface area contributed by atoms with E-state index in [-0.39, 0.29) is 11.6 Å². The lowest BCUT2D eigenvalue weighted by molar-refractivity contribution is 0.276. The van der Waals surface area contributed by atoms with Crippen molar-refractivity contribution in [3.8, 4) is 5.75 Å². The van der Waals surface area contributed by atoms with Gasteiger partial charge in [-0.1, -0.05) is 20.8 Å². The lowest BCUT2D eigenvalue weighted by atomic mass is 10.2. The van der Waals surface area contributed by atoms with Gasteiger partial charge in [0.1, 0.15) is 5.75 Å². The van der Waals surface area contributed by atoms with Crippen LogP contribution in [0.25, 0.3) is 0 Å². The van der Waals surface area contributed by atoms with Crippen LogP contribution in [-0.2, 0) is 6.61 Å². The molecule has 17 heavy (non-hydrogen) atoms. The summed E-state index contributed by atoms with van der Waals surface area (Å²) >= 11 is 0. The summed E-state index contributed by atoms with van der Waals surface area (Å²) in [6, 6.07) is 1.85. The van der Waals surface area contributed by atoms with E-state index in [1.807, 2.05) is 13.0 Å². The zero-order valence-corrected chi connectivity index (χ0v) is 12.7. The molecule has 1 rings (SSSR count). The van der Waals surface area contributed by atoms with Gasteiger partial charge in [0.2, 0.25) is 8.32 Å². The van der Waals surface area contributed by atoms with Gasteiger partial charge in [0.15, 0.2) is 0 Å². The number of hydrogen-bond acceptors (Lipinski definition) is 3. The first-order valence-corrected chi connectivity index (χ1v) is 8.84. The molecular formula is C13H23NO2Si. The minimum atomic E-state index is -1.86. The Labute approximate surface area is 105 Å². The smallest absolute Gasteiger partial charge is 0.250 e. The third-order valence-electron chi connectivity index (χ3n) is 3.56. The normalized spacial score (nSPS) is 12.6. The van der Waals surface area contributed by atoms with Crippen molar-refractivity contribution < 1.29 is 9.53 Å². The van der Waals surface area contributed by atoms with Crippen LogP contribution < -0.4 is 4.43 Å². The lowest BCUT2D eigenvalue weighted by Crippen LogP contribution is -2.44. The summed E-state index contributed by atoms with van der Waals surface area (Å²) in [5.41, 5.74) is 1.64. The van der Waals surface area contributed by atoms with Gasteiger partial charge in [0.05, 0.1) is 6.61 Å². The Kier molecular flexibility index (Phi) is 3.99.